The lowest BCUT2D eigenvalue weighted by atomic mass is 10.0. The fourth-order valence-corrected chi connectivity index (χ4v) is 2.86. The zero-order chi connectivity index (χ0) is 22.3. The standard InChI is InChI=1S/C20H20N2O8/c23-17(24)9-21(10-18(25)26)15-5-1-13(2-6-15)14-3-7-16(8-4-14)22(11-19(27)28)12-20(29)30/h1-8H,9-12H2,(H,23,24)(H,25,26)(H,27,28)(H,29,30). The number of carbonyl (C=O) groups is 4. The summed E-state index contributed by atoms with van der Waals surface area (Å²) in [5.74, 6) is -4.60. The van der Waals surface area contributed by atoms with Crippen LogP contribution in [0.2, 0.25) is 0 Å². The summed E-state index contributed by atoms with van der Waals surface area (Å²) in [5.41, 5.74) is 2.40. The summed E-state index contributed by atoms with van der Waals surface area (Å²) in [5, 5.41) is 35.8. The van der Waals surface area contributed by atoms with Gasteiger partial charge in [0, 0.05) is 11.4 Å². The first-order valence-corrected chi connectivity index (χ1v) is 8.73. The highest BCUT2D eigenvalue weighted by atomic mass is 16.4. The first-order chi connectivity index (χ1) is 14.2. The molecule has 4 N–H and O–H groups in total. The number of hydrogen-bond donors (Lipinski definition) is 4. The molecule has 0 saturated heterocycles. The second-order valence-corrected chi connectivity index (χ2v) is 6.38. The van der Waals surface area contributed by atoms with Gasteiger partial charge in [0.2, 0.25) is 0 Å². The van der Waals surface area contributed by atoms with E-state index in [2.05, 4.69) is 0 Å². The lowest BCUT2D eigenvalue weighted by Gasteiger charge is -2.21. The third-order valence-electron chi connectivity index (χ3n) is 4.10. The van der Waals surface area contributed by atoms with Gasteiger partial charge >= 0.3 is 23.9 Å². The maximum Gasteiger partial charge on any atom is 0.323 e. The Balaban J connectivity index is 2.21. The normalized spacial score (nSPS) is 10.3. The lowest BCUT2D eigenvalue weighted by Crippen LogP contribution is -2.34. The molecule has 0 fully saturated rings. The zero-order valence-electron chi connectivity index (χ0n) is 15.8. The summed E-state index contributed by atoms with van der Waals surface area (Å²) < 4.78 is 0. The van der Waals surface area contributed by atoms with Gasteiger partial charge in [-0.2, -0.15) is 0 Å². The van der Waals surface area contributed by atoms with Crippen LogP contribution >= 0.6 is 0 Å². The van der Waals surface area contributed by atoms with E-state index in [0.29, 0.717) is 11.4 Å². The molecule has 0 unspecified atom stereocenters. The van der Waals surface area contributed by atoms with Gasteiger partial charge in [0.25, 0.3) is 0 Å². The molecule has 0 heterocycles. The molecule has 0 spiro atoms. The number of anilines is 2. The Kier molecular flexibility index (Phi) is 7.34. The van der Waals surface area contributed by atoms with Crippen molar-refractivity contribution in [2.24, 2.45) is 0 Å². The van der Waals surface area contributed by atoms with Crippen LogP contribution in [0.15, 0.2) is 48.5 Å². The second-order valence-electron chi connectivity index (χ2n) is 6.38. The molecule has 0 atom stereocenters. The number of nitrogens with zero attached hydrogens (tertiary/aromatic N) is 2. The van der Waals surface area contributed by atoms with E-state index >= 15 is 0 Å². The van der Waals surface area contributed by atoms with Crippen LogP contribution < -0.4 is 9.80 Å². The van der Waals surface area contributed by atoms with Gasteiger partial charge in [0.15, 0.2) is 0 Å². The number of carboxylic acids is 4. The molecule has 0 aliphatic carbocycles. The molecule has 0 aliphatic rings. The van der Waals surface area contributed by atoms with Crippen molar-refractivity contribution in [1.82, 2.24) is 0 Å². The van der Waals surface area contributed by atoms with E-state index in [-0.39, 0.29) is 0 Å². The highest BCUT2D eigenvalue weighted by molar-refractivity contribution is 5.81. The van der Waals surface area contributed by atoms with Crippen molar-refractivity contribution < 1.29 is 39.6 Å². The summed E-state index contributed by atoms with van der Waals surface area (Å²) in [6, 6.07) is 13.2. The summed E-state index contributed by atoms with van der Waals surface area (Å²) in [6.07, 6.45) is 0. The van der Waals surface area contributed by atoms with Gasteiger partial charge in [-0.05, 0) is 35.4 Å². The lowest BCUT2D eigenvalue weighted by molar-refractivity contribution is -0.138. The van der Waals surface area contributed by atoms with Gasteiger partial charge in [0.1, 0.15) is 26.2 Å². The molecule has 0 amide bonds. The van der Waals surface area contributed by atoms with Crippen LogP contribution in [0.5, 0.6) is 0 Å². The van der Waals surface area contributed by atoms with Crippen molar-refractivity contribution in [3.05, 3.63) is 48.5 Å². The fraction of sp³-hybridized carbons (Fsp3) is 0.200. The van der Waals surface area contributed by atoms with Crippen LogP contribution in [-0.2, 0) is 19.2 Å². The minimum absolute atomic E-state index is 0.439. The Bertz CT molecular complexity index is 815. The maximum absolute atomic E-state index is 11.0. The van der Waals surface area contributed by atoms with E-state index in [1.54, 1.807) is 48.5 Å². The van der Waals surface area contributed by atoms with Crippen LogP contribution in [-0.4, -0.2) is 70.5 Å². The van der Waals surface area contributed by atoms with Gasteiger partial charge in [-0.1, -0.05) is 24.3 Å². The van der Waals surface area contributed by atoms with Crippen LogP contribution in [0, 0.1) is 0 Å². The highest BCUT2D eigenvalue weighted by Crippen LogP contribution is 2.26. The topological polar surface area (TPSA) is 156 Å². The van der Waals surface area contributed by atoms with Crippen molar-refractivity contribution in [2.75, 3.05) is 36.0 Å². The number of aliphatic carboxylic acids is 4. The Morgan fingerprint density at radius 1 is 0.500 bits per heavy atom. The average Bonchev–Trinajstić information content (AvgIpc) is 2.66. The molecule has 10 nitrogen and oxygen atoms in total. The van der Waals surface area contributed by atoms with Crippen molar-refractivity contribution >= 4 is 35.3 Å². The molecule has 0 bridgehead atoms. The fourth-order valence-electron chi connectivity index (χ4n) is 2.86. The summed E-state index contributed by atoms with van der Waals surface area (Å²) in [4.78, 5) is 46.3. The number of rotatable bonds is 11. The van der Waals surface area contributed by atoms with Crippen LogP contribution in [0.1, 0.15) is 0 Å². The van der Waals surface area contributed by atoms with Crippen LogP contribution in [0.25, 0.3) is 11.1 Å². The van der Waals surface area contributed by atoms with Gasteiger partial charge in [0.05, 0.1) is 0 Å². The largest absolute Gasteiger partial charge is 0.480 e. The highest BCUT2D eigenvalue weighted by Gasteiger charge is 2.16. The molecular formula is C20H20N2O8. The van der Waals surface area contributed by atoms with E-state index in [1.165, 1.54) is 9.80 Å². The van der Waals surface area contributed by atoms with Gasteiger partial charge in [-0.3, -0.25) is 19.2 Å². The van der Waals surface area contributed by atoms with Gasteiger partial charge in [-0.25, -0.2) is 0 Å². The van der Waals surface area contributed by atoms with Crippen LogP contribution in [0.3, 0.4) is 0 Å². The quantitative estimate of drug-likeness (QED) is 0.421. The molecular weight excluding hydrogens is 396 g/mol. The molecule has 0 aromatic heterocycles. The average molecular weight is 416 g/mol. The molecule has 158 valence electrons. The summed E-state index contributed by atoms with van der Waals surface area (Å²) in [6.45, 7) is -1.82. The zero-order valence-corrected chi connectivity index (χ0v) is 15.8. The monoisotopic (exact) mass is 416 g/mol. The second kappa shape index (κ2) is 9.92. The molecule has 2 aromatic carbocycles. The van der Waals surface area contributed by atoms with E-state index in [1.807, 2.05) is 0 Å². The molecule has 0 aliphatic heterocycles. The van der Waals surface area contributed by atoms with Gasteiger partial charge < -0.3 is 30.2 Å². The predicted molar refractivity (Wildman–Crippen MR) is 107 cm³/mol. The Morgan fingerprint density at radius 3 is 0.933 bits per heavy atom. The van der Waals surface area contributed by atoms with Crippen molar-refractivity contribution in [3.8, 4) is 11.1 Å². The molecule has 2 aromatic rings. The summed E-state index contributed by atoms with van der Waals surface area (Å²) in [7, 11) is 0. The molecule has 30 heavy (non-hydrogen) atoms. The first kappa shape index (κ1) is 22.2. The van der Waals surface area contributed by atoms with E-state index < -0.39 is 50.1 Å². The SMILES string of the molecule is O=C(O)CN(CC(=O)O)c1ccc(-c2ccc(N(CC(=O)O)CC(=O)O)cc2)cc1. The summed E-state index contributed by atoms with van der Waals surface area (Å²) >= 11 is 0. The smallest absolute Gasteiger partial charge is 0.323 e. The third kappa shape index (κ3) is 6.51. The number of hydrogen-bond acceptors (Lipinski definition) is 6. The third-order valence-corrected chi connectivity index (χ3v) is 4.10. The Morgan fingerprint density at radius 2 is 0.733 bits per heavy atom. The van der Waals surface area contributed by atoms with Crippen molar-refractivity contribution in [1.29, 1.82) is 0 Å². The van der Waals surface area contributed by atoms with Crippen molar-refractivity contribution in [3.63, 3.8) is 0 Å². The molecule has 0 radical (unpaired) electrons. The number of carboxylic acid groups (broad SMARTS) is 4. The molecule has 0 saturated carbocycles. The van der Waals surface area contributed by atoms with Crippen molar-refractivity contribution in [2.45, 2.75) is 0 Å². The molecule has 10 heteroatoms. The predicted octanol–water partition coefficient (Wildman–Crippen LogP) is 1.30. The van der Waals surface area contributed by atoms with E-state index in [0.717, 1.165) is 11.1 Å². The van der Waals surface area contributed by atoms with Gasteiger partial charge in [-0.15, -0.1) is 0 Å². The molecule has 2 rings (SSSR count). The van der Waals surface area contributed by atoms with Crippen LogP contribution in [0.4, 0.5) is 11.4 Å². The van der Waals surface area contributed by atoms with E-state index in [9.17, 15) is 19.2 Å². The maximum atomic E-state index is 11.0. The van der Waals surface area contributed by atoms with E-state index in [4.69, 9.17) is 20.4 Å². The minimum Gasteiger partial charge on any atom is -0.480 e. The Hall–Kier alpha value is -4.08. The first-order valence-electron chi connectivity index (χ1n) is 8.73. The Labute approximate surface area is 171 Å². The minimum atomic E-state index is -1.15. The number of benzene rings is 2.